The second-order valence-corrected chi connectivity index (χ2v) is 13.2. The molecule has 8 nitrogen and oxygen atoms in total. The van der Waals surface area contributed by atoms with Gasteiger partial charge in [0.2, 0.25) is 5.91 Å². The molecule has 4 aliphatic rings. The molecule has 220 valence electrons. The third-order valence-electron chi connectivity index (χ3n) is 9.23. The SMILES string of the molecule is CCN(CC)c1ccc(N2CC=C[C@]34S[C@]5(C)C=CCOC(=O)[C@@H]5[C@H]3C(=O)N([C@H](CO)c3ccccc3)C4C2=O)cc1. The molecule has 42 heavy (non-hydrogen) atoms. The summed E-state index contributed by atoms with van der Waals surface area (Å²) in [4.78, 5) is 48.4. The molecule has 4 heterocycles. The maximum atomic E-state index is 14.8. The molecule has 1 unspecified atom stereocenters. The number of cyclic esters (lactones) is 1. The quantitative estimate of drug-likeness (QED) is 0.387. The van der Waals surface area contributed by atoms with Gasteiger partial charge in [-0.3, -0.25) is 14.4 Å². The van der Waals surface area contributed by atoms with Crippen LogP contribution in [0.1, 0.15) is 32.4 Å². The van der Waals surface area contributed by atoms with Gasteiger partial charge in [-0.05, 0) is 56.7 Å². The minimum atomic E-state index is -1.02. The first-order chi connectivity index (χ1) is 20.3. The molecule has 4 aliphatic heterocycles. The zero-order valence-electron chi connectivity index (χ0n) is 24.2. The van der Waals surface area contributed by atoms with Crippen LogP contribution in [0, 0.1) is 11.8 Å². The molecule has 0 bridgehead atoms. The van der Waals surface area contributed by atoms with Crippen molar-refractivity contribution in [1.29, 1.82) is 0 Å². The van der Waals surface area contributed by atoms with Crippen LogP contribution in [0.2, 0.25) is 0 Å². The highest BCUT2D eigenvalue weighted by Gasteiger charge is 2.74. The van der Waals surface area contributed by atoms with E-state index < -0.39 is 39.4 Å². The Bertz CT molecular complexity index is 1420. The number of ether oxygens (including phenoxy) is 1. The van der Waals surface area contributed by atoms with Crippen molar-refractivity contribution in [1.82, 2.24) is 4.90 Å². The van der Waals surface area contributed by atoms with E-state index in [1.807, 2.05) is 85.8 Å². The lowest BCUT2D eigenvalue weighted by atomic mass is 9.75. The van der Waals surface area contributed by atoms with Crippen molar-refractivity contribution in [3.8, 4) is 0 Å². The number of likely N-dealkylation sites (tertiary alicyclic amines) is 1. The van der Waals surface area contributed by atoms with E-state index in [0.717, 1.165) is 30.0 Å². The maximum absolute atomic E-state index is 14.8. The molecule has 2 amide bonds. The van der Waals surface area contributed by atoms with E-state index in [2.05, 4.69) is 18.7 Å². The smallest absolute Gasteiger partial charge is 0.311 e. The van der Waals surface area contributed by atoms with Crippen LogP contribution in [-0.4, -0.2) is 76.2 Å². The molecule has 0 radical (unpaired) electrons. The van der Waals surface area contributed by atoms with Crippen LogP contribution in [0.5, 0.6) is 0 Å². The Morgan fingerprint density at radius 2 is 1.69 bits per heavy atom. The Balaban J connectivity index is 1.48. The second kappa shape index (κ2) is 10.9. The normalized spacial score (nSPS) is 30.8. The summed E-state index contributed by atoms with van der Waals surface area (Å²) < 4.78 is 3.78. The van der Waals surface area contributed by atoms with Crippen LogP contribution in [-0.2, 0) is 19.1 Å². The largest absolute Gasteiger partial charge is 0.461 e. The van der Waals surface area contributed by atoms with Crippen molar-refractivity contribution in [3.05, 3.63) is 84.5 Å². The first-order valence-corrected chi connectivity index (χ1v) is 15.5. The van der Waals surface area contributed by atoms with Gasteiger partial charge >= 0.3 is 5.97 Å². The standard InChI is InChI=1S/C33H37N3O5S/c1-4-34(5-2)23-13-15-24(16-14-23)35-19-9-18-33-26(27-31(40)41-20-10-17-32(27,3)42-33)29(38)36(28(33)30(35)39)25(21-37)22-11-7-6-8-12-22/h6-18,25-28,37H,4-5,19-21H2,1-3H3/t25-,26+,27+,28?,32-,33+/m1/s1. The molecule has 1 N–H and O–H groups in total. The Hall–Kier alpha value is -3.56. The Labute approximate surface area is 251 Å². The number of carbonyl (C=O) groups excluding carboxylic acids is 3. The van der Waals surface area contributed by atoms with E-state index in [-0.39, 0.29) is 25.0 Å². The number of hydrogen-bond donors (Lipinski definition) is 1. The average Bonchev–Trinajstić information content (AvgIpc) is 3.25. The predicted octanol–water partition coefficient (Wildman–Crippen LogP) is 3.97. The third-order valence-corrected chi connectivity index (χ3v) is 11.0. The molecule has 6 atom stereocenters. The third kappa shape index (κ3) is 4.28. The van der Waals surface area contributed by atoms with Crippen molar-refractivity contribution in [2.45, 2.75) is 42.3 Å². The number of carbonyl (C=O) groups is 3. The molecular weight excluding hydrogens is 550 g/mol. The predicted molar refractivity (Wildman–Crippen MR) is 164 cm³/mol. The first-order valence-electron chi connectivity index (χ1n) is 14.7. The monoisotopic (exact) mass is 587 g/mol. The van der Waals surface area contributed by atoms with Crippen LogP contribution in [0.4, 0.5) is 11.4 Å². The van der Waals surface area contributed by atoms with Crippen molar-refractivity contribution >= 4 is 40.9 Å². The number of thioether (sulfide) groups is 1. The summed E-state index contributed by atoms with van der Waals surface area (Å²) >= 11 is 1.50. The number of benzene rings is 2. The highest BCUT2D eigenvalue weighted by Crippen LogP contribution is 2.66. The highest BCUT2D eigenvalue weighted by atomic mass is 32.2. The van der Waals surface area contributed by atoms with Crippen LogP contribution in [0.25, 0.3) is 0 Å². The fourth-order valence-electron chi connectivity index (χ4n) is 7.32. The van der Waals surface area contributed by atoms with Crippen molar-refractivity contribution < 1.29 is 24.2 Å². The summed E-state index contributed by atoms with van der Waals surface area (Å²) in [6.45, 7) is 8.05. The van der Waals surface area contributed by atoms with Crippen LogP contribution in [0.3, 0.4) is 0 Å². The van der Waals surface area contributed by atoms with E-state index in [1.165, 1.54) is 11.8 Å². The fraction of sp³-hybridized carbons (Fsp3) is 0.424. The summed E-state index contributed by atoms with van der Waals surface area (Å²) in [5.41, 5.74) is 2.54. The summed E-state index contributed by atoms with van der Waals surface area (Å²) in [5.74, 6) is -2.57. The van der Waals surface area contributed by atoms with E-state index in [0.29, 0.717) is 6.54 Å². The van der Waals surface area contributed by atoms with Gasteiger partial charge in [-0.15, -0.1) is 11.8 Å². The van der Waals surface area contributed by atoms with E-state index in [1.54, 1.807) is 9.80 Å². The zero-order chi connectivity index (χ0) is 29.6. The van der Waals surface area contributed by atoms with Crippen LogP contribution < -0.4 is 9.80 Å². The summed E-state index contributed by atoms with van der Waals surface area (Å²) in [7, 11) is 0. The average molecular weight is 588 g/mol. The number of fused-ring (bicyclic) bond motifs is 2. The molecule has 9 heteroatoms. The topological polar surface area (TPSA) is 90.4 Å². The van der Waals surface area contributed by atoms with Gasteiger partial charge in [-0.25, -0.2) is 0 Å². The number of rotatable bonds is 7. The second-order valence-electron chi connectivity index (χ2n) is 11.4. The van der Waals surface area contributed by atoms with Gasteiger partial charge in [0.15, 0.2) is 0 Å². The molecule has 0 saturated carbocycles. The van der Waals surface area contributed by atoms with Crippen molar-refractivity contribution in [2.75, 3.05) is 42.6 Å². The number of aliphatic hydroxyl groups is 1. The van der Waals surface area contributed by atoms with Gasteiger partial charge in [0.25, 0.3) is 5.91 Å². The van der Waals surface area contributed by atoms with Crippen molar-refractivity contribution in [3.63, 3.8) is 0 Å². The molecule has 0 aromatic heterocycles. The number of esters is 1. The number of aliphatic hydroxyl groups excluding tert-OH is 1. The number of nitrogens with zero attached hydrogens (tertiary/aromatic N) is 3. The number of hydrogen-bond acceptors (Lipinski definition) is 7. The van der Waals surface area contributed by atoms with Gasteiger partial charge in [-0.1, -0.05) is 48.6 Å². The molecule has 2 saturated heterocycles. The Morgan fingerprint density at radius 3 is 2.36 bits per heavy atom. The molecule has 1 spiro atoms. The lowest BCUT2D eigenvalue weighted by Crippen LogP contribution is -2.54. The Kier molecular flexibility index (Phi) is 7.43. The van der Waals surface area contributed by atoms with Crippen molar-refractivity contribution in [2.24, 2.45) is 11.8 Å². The lowest BCUT2D eigenvalue weighted by Gasteiger charge is -2.39. The van der Waals surface area contributed by atoms with Gasteiger partial charge in [0.05, 0.1) is 29.2 Å². The molecular formula is C33H37N3O5S. The molecule has 6 rings (SSSR count). The van der Waals surface area contributed by atoms with E-state index in [4.69, 9.17) is 4.74 Å². The number of anilines is 2. The maximum Gasteiger partial charge on any atom is 0.311 e. The highest BCUT2D eigenvalue weighted by molar-refractivity contribution is 8.02. The number of amides is 2. The first kappa shape index (κ1) is 28.6. The minimum Gasteiger partial charge on any atom is -0.461 e. The molecule has 2 aromatic rings. The molecule has 2 fully saturated rings. The van der Waals surface area contributed by atoms with Crippen LogP contribution >= 0.6 is 11.8 Å². The molecule has 2 aromatic carbocycles. The van der Waals surface area contributed by atoms with E-state index >= 15 is 0 Å². The van der Waals surface area contributed by atoms with E-state index in [9.17, 15) is 19.5 Å². The van der Waals surface area contributed by atoms with Gasteiger partial charge in [-0.2, -0.15) is 0 Å². The summed E-state index contributed by atoms with van der Waals surface area (Å²) in [6.07, 6.45) is 7.72. The molecule has 0 aliphatic carbocycles. The minimum absolute atomic E-state index is 0.155. The zero-order valence-corrected chi connectivity index (χ0v) is 25.0. The lowest BCUT2D eigenvalue weighted by molar-refractivity contribution is -0.153. The van der Waals surface area contributed by atoms with Crippen LogP contribution in [0.15, 0.2) is 78.9 Å². The van der Waals surface area contributed by atoms with Gasteiger partial charge < -0.3 is 24.5 Å². The summed E-state index contributed by atoms with van der Waals surface area (Å²) in [6, 6.07) is 15.5. The van der Waals surface area contributed by atoms with Gasteiger partial charge in [0, 0.05) is 35.8 Å². The summed E-state index contributed by atoms with van der Waals surface area (Å²) in [5, 5.41) is 10.7. The Morgan fingerprint density at radius 1 is 0.976 bits per heavy atom. The fourth-order valence-corrected chi connectivity index (χ4v) is 9.46. The van der Waals surface area contributed by atoms with Gasteiger partial charge in [0.1, 0.15) is 12.6 Å².